The average molecular weight is 383 g/mol. The lowest BCUT2D eigenvalue weighted by Gasteiger charge is -2.01. The number of benzene rings is 1. The van der Waals surface area contributed by atoms with Crippen LogP contribution in [0.2, 0.25) is 0 Å². The largest absolute Gasteiger partial charge is 0.331 e. The molecule has 0 spiro atoms. The Bertz CT molecular complexity index is 1370. The van der Waals surface area contributed by atoms with Crippen LogP contribution in [0.4, 0.5) is 0 Å². The van der Waals surface area contributed by atoms with E-state index in [1.165, 1.54) is 0 Å². The lowest BCUT2D eigenvalue weighted by Crippen LogP contribution is -2.00. The molecule has 0 N–H and O–H groups in total. The van der Waals surface area contributed by atoms with Gasteiger partial charge in [0.15, 0.2) is 11.5 Å². The lowest BCUT2D eigenvalue weighted by atomic mass is 10.2. The maximum Gasteiger partial charge on any atom is 0.177 e. The molecule has 144 valence electrons. The van der Waals surface area contributed by atoms with Crippen molar-refractivity contribution >= 4 is 27.6 Å². The van der Waals surface area contributed by atoms with Crippen LogP contribution < -0.4 is 0 Å². The SMILES string of the molecule is Cc1ncc(C)n2nc(CC3C[C@H]3c3nc4c5cccnc5ccc4n3C)nc12. The Morgan fingerprint density at radius 1 is 1.10 bits per heavy atom. The van der Waals surface area contributed by atoms with Crippen molar-refractivity contribution < 1.29 is 0 Å². The van der Waals surface area contributed by atoms with Crippen molar-refractivity contribution in [1.29, 1.82) is 0 Å². The first kappa shape index (κ1) is 16.6. The molecule has 29 heavy (non-hydrogen) atoms. The van der Waals surface area contributed by atoms with E-state index >= 15 is 0 Å². The first-order valence-electron chi connectivity index (χ1n) is 9.98. The Hall–Kier alpha value is -3.35. The van der Waals surface area contributed by atoms with E-state index in [1.807, 2.05) is 36.8 Å². The van der Waals surface area contributed by atoms with E-state index in [-0.39, 0.29) is 0 Å². The van der Waals surface area contributed by atoms with Crippen LogP contribution in [0.25, 0.3) is 27.6 Å². The fourth-order valence-electron chi connectivity index (χ4n) is 4.41. The summed E-state index contributed by atoms with van der Waals surface area (Å²) in [6.45, 7) is 3.99. The van der Waals surface area contributed by atoms with Crippen molar-refractivity contribution in [3.8, 4) is 0 Å². The Morgan fingerprint density at radius 3 is 2.86 bits per heavy atom. The van der Waals surface area contributed by atoms with Crippen molar-refractivity contribution in [2.24, 2.45) is 13.0 Å². The summed E-state index contributed by atoms with van der Waals surface area (Å²) >= 11 is 0. The van der Waals surface area contributed by atoms with Gasteiger partial charge in [0.25, 0.3) is 0 Å². The third kappa shape index (κ3) is 2.46. The van der Waals surface area contributed by atoms with Gasteiger partial charge in [-0.3, -0.25) is 9.97 Å². The number of nitrogens with zero attached hydrogens (tertiary/aromatic N) is 7. The van der Waals surface area contributed by atoms with Gasteiger partial charge in [0, 0.05) is 37.2 Å². The highest BCUT2D eigenvalue weighted by atomic mass is 15.3. The second-order valence-corrected chi connectivity index (χ2v) is 8.09. The van der Waals surface area contributed by atoms with Gasteiger partial charge in [0.2, 0.25) is 0 Å². The van der Waals surface area contributed by atoms with Crippen LogP contribution in [0.1, 0.15) is 35.4 Å². The van der Waals surface area contributed by atoms with Crippen molar-refractivity contribution in [1.82, 2.24) is 34.1 Å². The molecule has 4 aromatic heterocycles. The number of imidazole rings is 1. The van der Waals surface area contributed by atoms with Crippen LogP contribution in [0.15, 0.2) is 36.7 Å². The van der Waals surface area contributed by atoms with Gasteiger partial charge in [-0.1, -0.05) is 0 Å². The van der Waals surface area contributed by atoms with Crippen molar-refractivity contribution in [3.63, 3.8) is 0 Å². The quantitative estimate of drug-likeness (QED) is 0.477. The summed E-state index contributed by atoms with van der Waals surface area (Å²) < 4.78 is 4.14. The Labute approximate surface area is 167 Å². The fraction of sp³-hybridized carbons (Fsp3) is 0.318. The van der Waals surface area contributed by atoms with Crippen molar-refractivity contribution in [2.45, 2.75) is 32.6 Å². The van der Waals surface area contributed by atoms with E-state index in [0.717, 1.165) is 63.5 Å². The summed E-state index contributed by atoms with van der Waals surface area (Å²) in [5.74, 6) is 3.02. The number of aromatic nitrogens is 7. The highest BCUT2D eigenvalue weighted by Gasteiger charge is 2.42. The molecule has 1 saturated carbocycles. The molecule has 0 aliphatic heterocycles. The number of hydrogen-bond acceptors (Lipinski definition) is 5. The van der Waals surface area contributed by atoms with E-state index in [4.69, 9.17) is 15.1 Å². The third-order valence-electron chi connectivity index (χ3n) is 6.12. The summed E-state index contributed by atoms with van der Waals surface area (Å²) in [4.78, 5) is 18.6. The van der Waals surface area contributed by atoms with Crippen molar-refractivity contribution in [3.05, 3.63) is 59.7 Å². The molecule has 0 saturated heterocycles. The molecular formula is C22H21N7. The molecule has 1 unspecified atom stereocenters. The number of pyridine rings is 1. The van der Waals surface area contributed by atoms with Crippen LogP contribution in [0.5, 0.6) is 0 Å². The molecule has 5 aromatic rings. The van der Waals surface area contributed by atoms with Crippen LogP contribution in [0, 0.1) is 19.8 Å². The summed E-state index contributed by atoms with van der Waals surface area (Å²) in [5.41, 5.74) is 5.98. The number of fused-ring (bicyclic) bond motifs is 4. The van der Waals surface area contributed by atoms with Gasteiger partial charge in [0.1, 0.15) is 5.82 Å². The number of aryl methyl sites for hydroxylation is 3. The second-order valence-electron chi connectivity index (χ2n) is 8.09. The first-order chi connectivity index (χ1) is 14.1. The highest BCUT2D eigenvalue weighted by Crippen LogP contribution is 2.49. The average Bonchev–Trinajstić information content (AvgIpc) is 3.19. The zero-order valence-electron chi connectivity index (χ0n) is 16.7. The molecule has 0 bridgehead atoms. The summed E-state index contributed by atoms with van der Waals surface area (Å²) in [6.07, 6.45) is 5.67. The standard InChI is InChI=1S/C22H21N7/c1-12-11-24-13(2)21-25-19(27-29(12)21)10-14-9-16(14)22-26-20-15-5-4-8-23-17(15)6-7-18(20)28(22)3/h4-8,11,14,16H,9-10H2,1-3H3/t14?,16-/m1/s1. The van der Waals surface area contributed by atoms with E-state index in [9.17, 15) is 0 Å². The Balaban J connectivity index is 1.33. The molecule has 7 nitrogen and oxygen atoms in total. The summed E-state index contributed by atoms with van der Waals surface area (Å²) in [6, 6.07) is 8.28. The topological polar surface area (TPSA) is 73.8 Å². The number of hydrogen-bond donors (Lipinski definition) is 0. The molecule has 1 aliphatic rings. The molecule has 6 rings (SSSR count). The third-order valence-corrected chi connectivity index (χ3v) is 6.12. The van der Waals surface area contributed by atoms with E-state index in [1.54, 1.807) is 0 Å². The van der Waals surface area contributed by atoms with Crippen molar-refractivity contribution in [2.75, 3.05) is 0 Å². The Morgan fingerprint density at radius 2 is 2.00 bits per heavy atom. The van der Waals surface area contributed by atoms with Crippen LogP contribution in [-0.2, 0) is 13.5 Å². The van der Waals surface area contributed by atoms with E-state index in [2.05, 4.69) is 39.8 Å². The molecule has 2 atom stereocenters. The molecule has 0 radical (unpaired) electrons. The Kier molecular flexibility index (Phi) is 3.33. The summed E-state index contributed by atoms with van der Waals surface area (Å²) in [5, 5.41) is 5.83. The fourth-order valence-corrected chi connectivity index (χ4v) is 4.41. The molecule has 4 heterocycles. The monoisotopic (exact) mass is 383 g/mol. The van der Waals surface area contributed by atoms with Gasteiger partial charge in [-0.15, -0.1) is 0 Å². The van der Waals surface area contributed by atoms with E-state index in [0.29, 0.717) is 11.8 Å². The minimum absolute atomic E-state index is 0.450. The second kappa shape index (κ2) is 5.83. The lowest BCUT2D eigenvalue weighted by molar-refractivity contribution is 0.704. The normalized spacial score (nSPS) is 18.9. The number of rotatable bonds is 3. The highest BCUT2D eigenvalue weighted by molar-refractivity contribution is 6.02. The predicted octanol–water partition coefficient (Wildman–Crippen LogP) is 3.52. The zero-order valence-corrected chi connectivity index (χ0v) is 16.7. The molecular weight excluding hydrogens is 362 g/mol. The zero-order chi connectivity index (χ0) is 19.7. The molecule has 1 fully saturated rings. The maximum atomic E-state index is 5.03. The molecule has 7 heteroatoms. The molecule has 0 amide bonds. The maximum absolute atomic E-state index is 5.03. The van der Waals surface area contributed by atoms with Crippen LogP contribution in [0.3, 0.4) is 0 Å². The van der Waals surface area contributed by atoms with E-state index < -0.39 is 0 Å². The molecule has 1 aliphatic carbocycles. The van der Waals surface area contributed by atoms with Crippen LogP contribution >= 0.6 is 0 Å². The minimum atomic E-state index is 0.450. The van der Waals surface area contributed by atoms with Gasteiger partial charge in [-0.2, -0.15) is 5.10 Å². The van der Waals surface area contributed by atoms with Gasteiger partial charge in [0.05, 0.1) is 27.9 Å². The van der Waals surface area contributed by atoms with Gasteiger partial charge in [-0.05, 0) is 50.5 Å². The first-order valence-corrected chi connectivity index (χ1v) is 9.98. The van der Waals surface area contributed by atoms with Gasteiger partial charge >= 0.3 is 0 Å². The predicted molar refractivity (Wildman–Crippen MR) is 111 cm³/mol. The molecule has 1 aromatic carbocycles. The minimum Gasteiger partial charge on any atom is -0.331 e. The smallest absolute Gasteiger partial charge is 0.177 e. The van der Waals surface area contributed by atoms with Gasteiger partial charge < -0.3 is 4.57 Å². The van der Waals surface area contributed by atoms with Crippen LogP contribution in [-0.4, -0.2) is 34.1 Å². The summed E-state index contributed by atoms with van der Waals surface area (Å²) in [7, 11) is 2.11. The van der Waals surface area contributed by atoms with Gasteiger partial charge in [-0.25, -0.2) is 14.5 Å².